The predicted octanol–water partition coefficient (Wildman–Crippen LogP) is 3.84. The molecule has 1 fully saturated rings. The minimum atomic E-state index is -0.443. The molecule has 6 heteroatoms. The van der Waals surface area contributed by atoms with Crippen LogP contribution in [0.25, 0.3) is 0 Å². The van der Waals surface area contributed by atoms with Crippen molar-refractivity contribution in [2.75, 3.05) is 5.43 Å². The number of hydrazine groups is 1. The van der Waals surface area contributed by atoms with E-state index in [9.17, 15) is 10.1 Å². The number of rotatable bonds is 3. The fourth-order valence-corrected chi connectivity index (χ4v) is 2.71. The first-order chi connectivity index (χ1) is 8.99. The third-order valence-corrected chi connectivity index (χ3v) is 3.92. The van der Waals surface area contributed by atoms with Gasteiger partial charge in [-0.05, 0) is 32.8 Å². The predicted molar refractivity (Wildman–Crippen MR) is 76.3 cm³/mol. The summed E-state index contributed by atoms with van der Waals surface area (Å²) in [6.45, 7) is 4.34. The number of non-ortho nitro benzene ring substituents is 1. The van der Waals surface area contributed by atoms with Gasteiger partial charge >= 0.3 is 0 Å². The van der Waals surface area contributed by atoms with Crippen molar-refractivity contribution in [3.8, 4) is 0 Å². The van der Waals surface area contributed by atoms with Crippen molar-refractivity contribution in [3.05, 3.63) is 33.3 Å². The van der Waals surface area contributed by atoms with Crippen LogP contribution in [0, 0.1) is 10.1 Å². The lowest BCUT2D eigenvalue weighted by Crippen LogP contribution is -2.47. The molecule has 0 radical (unpaired) electrons. The highest BCUT2D eigenvalue weighted by Gasteiger charge is 2.25. The molecule has 1 aromatic rings. The highest BCUT2D eigenvalue weighted by atomic mass is 35.5. The second-order valence-corrected chi connectivity index (χ2v) is 5.48. The summed E-state index contributed by atoms with van der Waals surface area (Å²) in [6, 6.07) is 5.36. The maximum atomic E-state index is 10.7. The number of hydrogen-bond acceptors (Lipinski definition) is 4. The van der Waals surface area contributed by atoms with Gasteiger partial charge in [-0.2, -0.15) is 0 Å². The summed E-state index contributed by atoms with van der Waals surface area (Å²) in [6.07, 6.45) is 3.51. The lowest BCUT2D eigenvalue weighted by atomic mass is 10.00. The van der Waals surface area contributed by atoms with Crippen LogP contribution in [0.4, 0.5) is 11.4 Å². The molecular weight excluding hydrogens is 266 g/mol. The van der Waals surface area contributed by atoms with Gasteiger partial charge < -0.3 is 5.43 Å². The zero-order valence-corrected chi connectivity index (χ0v) is 11.9. The standard InChI is InChI=1S/C13H18ClN3O2/c1-9-4-3-5-10(2)16(9)15-13-7-6-11(17(18)19)8-12(13)14/h6-10,15H,3-5H2,1-2H3. The van der Waals surface area contributed by atoms with E-state index in [1.165, 1.54) is 18.6 Å². The van der Waals surface area contributed by atoms with Crippen molar-refractivity contribution in [2.45, 2.75) is 45.2 Å². The molecule has 0 spiro atoms. The first-order valence-electron chi connectivity index (χ1n) is 6.48. The Hall–Kier alpha value is -1.33. The van der Waals surface area contributed by atoms with Gasteiger partial charge in [0.15, 0.2) is 0 Å². The summed E-state index contributed by atoms with van der Waals surface area (Å²) in [5.41, 5.74) is 4.02. The van der Waals surface area contributed by atoms with Crippen LogP contribution >= 0.6 is 11.6 Å². The van der Waals surface area contributed by atoms with Gasteiger partial charge in [0.25, 0.3) is 5.69 Å². The van der Waals surface area contributed by atoms with Crippen molar-refractivity contribution in [1.29, 1.82) is 0 Å². The Bertz CT molecular complexity index is 471. The first kappa shape index (κ1) is 14.1. The van der Waals surface area contributed by atoms with E-state index in [0.717, 1.165) is 12.8 Å². The van der Waals surface area contributed by atoms with E-state index in [-0.39, 0.29) is 5.69 Å². The van der Waals surface area contributed by atoms with Crippen LogP contribution in [0.15, 0.2) is 18.2 Å². The number of nitro groups is 1. The molecule has 2 unspecified atom stereocenters. The highest BCUT2D eigenvalue weighted by molar-refractivity contribution is 6.33. The average Bonchev–Trinajstić information content (AvgIpc) is 2.35. The van der Waals surface area contributed by atoms with Crippen LogP contribution in [-0.4, -0.2) is 22.0 Å². The fourth-order valence-electron chi connectivity index (χ4n) is 2.49. The summed E-state index contributed by atoms with van der Waals surface area (Å²) in [7, 11) is 0. The molecule has 5 nitrogen and oxygen atoms in total. The van der Waals surface area contributed by atoms with E-state index in [1.54, 1.807) is 6.07 Å². The van der Waals surface area contributed by atoms with E-state index < -0.39 is 4.92 Å². The first-order valence-corrected chi connectivity index (χ1v) is 6.85. The minimum Gasteiger partial charge on any atom is -0.317 e. The number of nitrogens with zero attached hydrogens (tertiary/aromatic N) is 2. The van der Waals surface area contributed by atoms with Crippen LogP contribution in [0.3, 0.4) is 0 Å². The Kier molecular flexibility index (Phi) is 4.27. The molecule has 0 aliphatic carbocycles. The minimum absolute atomic E-state index is 0.00953. The molecule has 1 N–H and O–H groups in total. The van der Waals surface area contributed by atoms with Crippen LogP contribution < -0.4 is 5.43 Å². The molecule has 0 aromatic heterocycles. The molecule has 0 saturated carbocycles. The third kappa shape index (κ3) is 3.16. The topological polar surface area (TPSA) is 58.4 Å². The van der Waals surface area contributed by atoms with Gasteiger partial charge in [0, 0.05) is 24.2 Å². The Morgan fingerprint density at radius 2 is 2.00 bits per heavy atom. The normalized spacial score (nSPS) is 24.2. The number of piperidine rings is 1. The lowest BCUT2D eigenvalue weighted by Gasteiger charge is -2.39. The monoisotopic (exact) mass is 283 g/mol. The van der Waals surface area contributed by atoms with Gasteiger partial charge in [0.1, 0.15) is 0 Å². The number of nitro benzene ring substituents is 1. The largest absolute Gasteiger partial charge is 0.317 e. The van der Waals surface area contributed by atoms with E-state index >= 15 is 0 Å². The number of benzene rings is 1. The quantitative estimate of drug-likeness (QED) is 0.676. The molecule has 19 heavy (non-hydrogen) atoms. The molecule has 1 aromatic carbocycles. The molecule has 0 bridgehead atoms. The Labute approximate surface area is 117 Å². The lowest BCUT2D eigenvalue weighted by molar-refractivity contribution is -0.384. The van der Waals surface area contributed by atoms with E-state index in [0.29, 0.717) is 22.8 Å². The zero-order valence-electron chi connectivity index (χ0n) is 11.1. The number of hydrogen-bond donors (Lipinski definition) is 1. The smallest absolute Gasteiger partial charge is 0.271 e. The molecular formula is C13H18ClN3O2. The van der Waals surface area contributed by atoms with Crippen molar-refractivity contribution in [1.82, 2.24) is 5.01 Å². The van der Waals surface area contributed by atoms with Crippen LogP contribution in [0.2, 0.25) is 5.02 Å². The third-order valence-electron chi connectivity index (χ3n) is 3.61. The molecule has 1 aliphatic rings. The molecule has 2 rings (SSSR count). The van der Waals surface area contributed by atoms with E-state index in [4.69, 9.17) is 11.6 Å². The molecule has 1 saturated heterocycles. The maximum Gasteiger partial charge on any atom is 0.271 e. The summed E-state index contributed by atoms with van der Waals surface area (Å²) >= 11 is 6.09. The van der Waals surface area contributed by atoms with Crippen LogP contribution in [-0.2, 0) is 0 Å². The van der Waals surface area contributed by atoms with Gasteiger partial charge in [-0.3, -0.25) is 10.1 Å². The summed E-state index contributed by atoms with van der Waals surface area (Å²) in [5, 5.41) is 13.2. The van der Waals surface area contributed by atoms with Crippen molar-refractivity contribution >= 4 is 23.0 Å². The van der Waals surface area contributed by atoms with E-state index in [1.807, 2.05) is 0 Å². The molecule has 0 amide bonds. The molecule has 2 atom stereocenters. The van der Waals surface area contributed by atoms with Crippen molar-refractivity contribution in [3.63, 3.8) is 0 Å². The van der Waals surface area contributed by atoms with Gasteiger partial charge in [-0.15, -0.1) is 0 Å². The fraction of sp³-hybridized carbons (Fsp3) is 0.538. The van der Waals surface area contributed by atoms with Crippen molar-refractivity contribution in [2.24, 2.45) is 0 Å². The second-order valence-electron chi connectivity index (χ2n) is 5.07. The molecule has 104 valence electrons. The second kappa shape index (κ2) is 5.75. The van der Waals surface area contributed by atoms with E-state index in [2.05, 4.69) is 24.3 Å². The van der Waals surface area contributed by atoms with Gasteiger partial charge in [-0.1, -0.05) is 18.0 Å². The highest BCUT2D eigenvalue weighted by Crippen LogP contribution is 2.30. The number of nitrogens with one attached hydrogen (secondary N) is 1. The Morgan fingerprint density at radius 3 is 2.53 bits per heavy atom. The van der Waals surface area contributed by atoms with Crippen LogP contribution in [0.1, 0.15) is 33.1 Å². The summed E-state index contributed by atoms with van der Waals surface area (Å²) < 4.78 is 0. The molecule has 1 aliphatic heterocycles. The van der Waals surface area contributed by atoms with Crippen LogP contribution in [0.5, 0.6) is 0 Å². The summed E-state index contributed by atoms with van der Waals surface area (Å²) in [4.78, 5) is 10.2. The van der Waals surface area contributed by atoms with Crippen molar-refractivity contribution < 1.29 is 4.92 Å². The SMILES string of the molecule is CC1CCCC(C)N1Nc1ccc([N+](=O)[O-])cc1Cl. The zero-order chi connectivity index (χ0) is 14.0. The average molecular weight is 284 g/mol. The van der Waals surface area contributed by atoms with Gasteiger partial charge in [-0.25, -0.2) is 5.01 Å². The summed E-state index contributed by atoms with van der Waals surface area (Å²) in [5.74, 6) is 0. The van der Waals surface area contributed by atoms with Gasteiger partial charge in [0.05, 0.1) is 15.6 Å². The number of halogens is 1. The maximum absolute atomic E-state index is 10.7. The Balaban J connectivity index is 2.16. The Morgan fingerprint density at radius 1 is 1.37 bits per heavy atom. The number of anilines is 1. The van der Waals surface area contributed by atoms with Gasteiger partial charge in [0.2, 0.25) is 0 Å². The molecule has 1 heterocycles.